The molecule has 0 saturated carbocycles. The molecule has 1 aromatic heterocycles. The quantitative estimate of drug-likeness (QED) is 0.664. The second kappa shape index (κ2) is 8.86. The molecule has 32 heavy (non-hydrogen) atoms. The van der Waals surface area contributed by atoms with Gasteiger partial charge in [-0.1, -0.05) is 36.4 Å². The number of carbonyl (C=O) groups is 2. The largest absolute Gasteiger partial charge is 0.444 e. The summed E-state index contributed by atoms with van der Waals surface area (Å²) < 4.78 is 5.41. The zero-order valence-corrected chi connectivity index (χ0v) is 18.7. The number of carbonyl (C=O) groups excluding carboxylic acids is 2. The molecule has 7 heteroatoms. The number of aromatic amines is 1. The van der Waals surface area contributed by atoms with Crippen molar-refractivity contribution < 1.29 is 14.3 Å². The van der Waals surface area contributed by atoms with E-state index >= 15 is 0 Å². The van der Waals surface area contributed by atoms with Crippen molar-refractivity contribution in [3.05, 3.63) is 65.4 Å². The zero-order valence-electron chi connectivity index (χ0n) is 18.7. The van der Waals surface area contributed by atoms with Crippen LogP contribution in [0.5, 0.6) is 0 Å². The second-order valence-corrected chi connectivity index (χ2v) is 8.87. The van der Waals surface area contributed by atoms with E-state index in [4.69, 9.17) is 4.74 Å². The Morgan fingerprint density at radius 1 is 0.938 bits per heavy atom. The van der Waals surface area contributed by atoms with Gasteiger partial charge in [0.15, 0.2) is 0 Å². The molecule has 0 unspecified atom stereocenters. The molecule has 2 amide bonds. The number of hydrogen-bond acceptors (Lipinski definition) is 4. The van der Waals surface area contributed by atoms with E-state index in [-0.39, 0.29) is 12.0 Å². The van der Waals surface area contributed by atoms with Gasteiger partial charge >= 0.3 is 6.09 Å². The molecule has 0 spiro atoms. The maximum absolute atomic E-state index is 12.9. The Morgan fingerprint density at radius 3 is 2.28 bits per heavy atom. The number of amides is 2. The molecule has 2 heterocycles. The molecule has 3 aromatic rings. The number of piperazine rings is 1. The molecule has 0 atom stereocenters. The zero-order chi connectivity index (χ0) is 22.7. The number of nitrogens with zero attached hydrogens (tertiary/aromatic N) is 3. The Morgan fingerprint density at radius 2 is 1.59 bits per heavy atom. The number of para-hydroxylation sites is 1. The van der Waals surface area contributed by atoms with Gasteiger partial charge in [-0.05, 0) is 50.6 Å². The first-order chi connectivity index (χ1) is 15.3. The topological polar surface area (TPSA) is 78.5 Å². The highest BCUT2D eigenvalue weighted by Crippen LogP contribution is 2.18. The summed E-state index contributed by atoms with van der Waals surface area (Å²) in [5.41, 5.74) is 2.98. The van der Waals surface area contributed by atoms with Crippen LogP contribution in [-0.2, 0) is 4.74 Å². The fraction of sp³-hybridized carbons (Fsp3) is 0.320. The average molecular weight is 433 g/mol. The van der Waals surface area contributed by atoms with Crippen LogP contribution in [0.3, 0.4) is 0 Å². The van der Waals surface area contributed by atoms with Crippen molar-refractivity contribution in [1.29, 1.82) is 0 Å². The maximum atomic E-state index is 12.9. The molecule has 4 rings (SSSR count). The minimum absolute atomic E-state index is 0.0253. The predicted molar refractivity (Wildman–Crippen MR) is 125 cm³/mol. The molecule has 2 aromatic carbocycles. The number of rotatable bonds is 3. The summed E-state index contributed by atoms with van der Waals surface area (Å²) in [4.78, 5) is 28.5. The summed E-state index contributed by atoms with van der Waals surface area (Å²) in [6.07, 6.45) is 3.62. The SMILES string of the molecule is CC(C)(C)OC(=O)N1CCN(C(=O)c2ccc(C=Cc3n[nH]c4ccccc34)cc2)CC1. The van der Waals surface area contributed by atoms with Gasteiger partial charge in [0.25, 0.3) is 5.91 Å². The van der Waals surface area contributed by atoms with Gasteiger partial charge in [-0.15, -0.1) is 0 Å². The summed E-state index contributed by atoms with van der Waals surface area (Å²) in [5.74, 6) is -0.0253. The summed E-state index contributed by atoms with van der Waals surface area (Å²) >= 11 is 0. The van der Waals surface area contributed by atoms with E-state index < -0.39 is 5.60 Å². The highest BCUT2D eigenvalue weighted by molar-refractivity contribution is 5.95. The van der Waals surface area contributed by atoms with Crippen molar-refractivity contribution in [2.24, 2.45) is 0 Å². The Kier molecular flexibility index (Phi) is 5.99. The van der Waals surface area contributed by atoms with Crippen molar-refractivity contribution in [3.63, 3.8) is 0 Å². The monoisotopic (exact) mass is 432 g/mol. The highest BCUT2D eigenvalue weighted by Gasteiger charge is 2.28. The van der Waals surface area contributed by atoms with Gasteiger partial charge in [0.05, 0.1) is 11.2 Å². The third kappa shape index (κ3) is 4.99. The molecule has 7 nitrogen and oxygen atoms in total. The maximum Gasteiger partial charge on any atom is 0.410 e. The molecular weight excluding hydrogens is 404 g/mol. The molecule has 0 aliphatic carbocycles. The van der Waals surface area contributed by atoms with Crippen LogP contribution in [0.25, 0.3) is 23.1 Å². The van der Waals surface area contributed by atoms with Crippen molar-refractivity contribution in [2.45, 2.75) is 26.4 Å². The first-order valence-electron chi connectivity index (χ1n) is 10.8. The lowest BCUT2D eigenvalue weighted by atomic mass is 10.1. The second-order valence-electron chi connectivity index (χ2n) is 8.87. The number of ether oxygens (including phenoxy) is 1. The van der Waals surface area contributed by atoms with Crippen LogP contribution in [-0.4, -0.2) is 63.8 Å². The number of hydrogen-bond donors (Lipinski definition) is 1. The lowest BCUT2D eigenvalue weighted by molar-refractivity contribution is 0.0141. The van der Waals surface area contributed by atoms with E-state index in [1.165, 1.54) is 0 Å². The lowest BCUT2D eigenvalue weighted by Crippen LogP contribution is -2.51. The summed E-state index contributed by atoms with van der Waals surface area (Å²) in [6.45, 7) is 7.47. The van der Waals surface area contributed by atoms with E-state index in [0.717, 1.165) is 22.2 Å². The van der Waals surface area contributed by atoms with Crippen LogP contribution >= 0.6 is 0 Å². The average Bonchev–Trinajstić information content (AvgIpc) is 3.20. The minimum Gasteiger partial charge on any atom is -0.444 e. The van der Waals surface area contributed by atoms with Crippen LogP contribution in [0, 0.1) is 0 Å². The highest BCUT2D eigenvalue weighted by atomic mass is 16.6. The van der Waals surface area contributed by atoms with Crippen LogP contribution in [0.1, 0.15) is 42.4 Å². The van der Waals surface area contributed by atoms with Gasteiger partial charge in [0, 0.05) is 37.1 Å². The molecular formula is C25H28N4O3. The van der Waals surface area contributed by atoms with Crippen LogP contribution in [0.4, 0.5) is 4.79 Å². The van der Waals surface area contributed by atoms with Crippen LogP contribution in [0.15, 0.2) is 48.5 Å². The van der Waals surface area contributed by atoms with Gasteiger partial charge < -0.3 is 14.5 Å². The number of H-pyrrole nitrogens is 1. The molecule has 1 fully saturated rings. The molecule has 1 aliphatic heterocycles. The van der Waals surface area contributed by atoms with E-state index in [0.29, 0.717) is 31.7 Å². The minimum atomic E-state index is -0.523. The van der Waals surface area contributed by atoms with Crippen molar-refractivity contribution in [1.82, 2.24) is 20.0 Å². The molecule has 0 radical (unpaired) electrons. The van der Waals surface area contributed by atoms with Crippen LogP contribution in [0.2, 0.25) is 0 Å². The normalized spacial score (nSPS) is 14.8. The number of benzene rings is 2. The van der Waals surface area contributed by atoms with Crippen molar-refractivity contribution in [2.75, 3.05) is 26.2 Å². The van der Waals surface area contributed by atoms with E-state index in [9.17, 15) is 9.59 Å². The third-order valence-corrected chi connectivity index (χ3v) is 5.31. The Hall–Kier alpha value is -3.61. The number of fused-ring (bicyclic) bond motifs is 1. The Labute approximate surface area is 187 Å². The van der Waals surface area contributed by atoms with Gasteiger partial charge in [-0.3, -0.25) is 9.89 Å². The van der Waals surface area contributed by atoms with Gasteiger partial charge in [0.1, 0.15) is 5.60 Å². The number of aromatic nitrogens is 2. The van der Waals surface area contributed by atoms with Gasteiger partial charge in [0.2, 0.25) is 0 Å². The summed E-state index contributed by atoms with van der Waals surface area (Å²) in [7, 11) is 0. The first kappa shape index (κ1) is 21.6. The first-order valence-corrected chi connectivity index (χ1v) is 10.8. The molecule has 166 valence electrons. The van der Waals surface area contributed by atoms with Crippen LogP contribution < -0.4 is 0 Å². The smallest absolute Gasteiger partial charge is 0.410 e. The number of nitrogens with one attached hydrogen (secondary N) is 1. The van der Waals surface area contributed by atoms with E-state index in [1.54, 1.807) is 9.80 Å². The standard InChI is InChI=1S/C25H28N4O3/c1-25(2,3)32-24(31)29-16-14-28(15-17-29)23(30)19-11-8-18(9-12-19)10-13-22-20-6-4-5-7-21(20)26-27-22/h4-13H,14-17H2,1-3H3,(H,26,27). The van der Waals surface area contributed by atoms with Crippen molar-refractivity contribution >= 4 is 35.1 Å². The fourth-order valence-electron chi connectivity index (χ4n) is 3.62. The molecule has 0 bridgehead atoms. The van der Waals surface area contributed by atoms with Gasteiger partial charge in [-0.25, -0.2) is 4.79 Å². The molecule has 1 saturated heterocycles. The Bertz CT molecular complexity index is 1130. The Balaban J connectivity index is 1.35. The van der Waals surface area contributed by atoms with E-state index in [2.05, 4.69) is 10.2 Å². The molecule has 1 aliphatic rings. The van der Waals surface area contributed by atoms with Gasteiger partial charge in [-0.2, -0.15) is 5.10 Å². The third-order valence-electron chi connectivity index (χ3n) is 5.31. The summed E-state index contributed by atoms with van der Waals surface area (Å²) in [5, 5.41) is 8.44. The molecule has 1 N–H and O–H groups in total. The van der Waals surface area contributed by atoms with E-state index in [1.807, 2.05) is 81.5 Å². The predicted octanol–water partition coefficient (Wildman–Crippen LogP) is 4.43. The fourth-order valence-corrected chi connectivity index (χ4v) is 3.62. The summed E-state index contributed by atoms with van der Waals surface area (Å²) in [6, 6.07) is 15.5. The lowest BCUT2D eigenvalue weighted by Gasteiger charge is -2.35. The van der Waals surface area contributed by atoms with Crippen molar-refractivity contribution in [3.8, 4) is 0 Å².